The van der Waals surface area contributed by atoms with Crippen molar-refractivity contribution in [1.29, 1.82) is 0 Å². The molecule has 0 saturated carbocycles. The molecule has 2 aromatic carbocycles. The van der Waals surface area contributed by atoms with E-state index in [0.29, 0.717) is 12.3 Å². The predicted octanol–water partition coefficient (Wildman–Crippen LogP) is 6.37. The highest BCUT2D eigenvalue weighted by Gasteiger charge is 2.20. The number of ether oxygens (including phenoxy) is 3. The second kappa shape index (κ2) is 10.1. The van der Waals surface area contributed by atoms with E-state index in [-0.39, 0.29) is 12.9 Å². The van der Waals surface area contributed by atoms with Crippen LogP contribution in [-0.2, 0) is 12.3 Å². The molecule has 0 saturated heterocycles. The van der Waals surface area contributed by atoms with Crippen molar-refractivity contribution in [2.75, 3.05) is 6.79 Å². The molecule has 180 valence electrons. The Morgan fingerprint density at radius 3 is 2.86 bits per heavy atom. The number of nitrogens with zero attached hydrogens (tertiary/aromatic N) is 4. The molecule has 9 heteroatoms. The van der Waals surface area contributed by atoms with Gasteiger partial charge in [0.25, 0.3) is 0 Å². The molecule has 1 aliphatic heterocycles. The number of thioether (sulfide) groups is 1. The number of aromatic nitrogens is 4. The monoisotopic (exact) mass is 506 g/mol. The van der Waals surface area contributed by atoms with E-state index in [1.807, 2.05) is 37.3 Å². The molecule has 4 aromatic rings. The van der Waals surface area contributed by atoms with Crippen molar-refractivity contribution in [3.8, 4) is 27.8 Å². The summed E-state index contributed by atoms with van der Waals surface area (Å²) in [7, 11) is 0. The van der Waals surface area contributed by atoms with Gasteiger partial charge < -0.3 is 14.2 Å². The predicted molar refractivity (Wildman–Crippen MR) is 138 cm³/mol. The summed E-state index contributed by atoms with van der Waals surface area (Å²) in [6.45, 7) is 10.9. The van der Waals surface area contributed by atoms with Crippen LogP contribution >= 0.6 is 23.1 Å². The topological polar surface area (TPSA) is 71.3 Å². The van der Waals surface area contributed by atoms with Gasteiger partial charge in [0.05, 0.1) is 5.69 Å². The first kappa shape index (κ1) is 23.4. The Hall–Kier alpha value is -3.30. The normalized spacial score (nSPS) is 13.1. The summed E-state index contributed by atoms with van der Waals surface area (Å²) >= 11 is 3.22. The molecule has 0 aliphatic carbocycles. The average molecular weight is 507 g/mol. The van der Waals surface area contributed by atoms with E-state index in [9.17, 15) is 0 Å². The number of benzene rings is 2. The number of hydrogen-bond donors (Lipinski definition) is 0. The number of aryl methyl sites for hydroxylation is 2. The van der Waals surface area contributed by atoms with E-state index in [4.69, 9.17) is 19.2 Å². The van der Waals surface area contributed by atoms with Crippen LogP contribution in [0.15, 0.2) is 59.6 Å². The van der Waals surface area contributed by atoms with Crippen LogP contribution in [0.4, 0.5) is 0 Å². The van der Waals surface area contributed by atoms with Crippen LogP contribution in [0.25, 0.3) is 10.6 Å². The number of allylic oxidation sites excluding steroid dienone is 1. The number of hydrogen-bond acceptors (Lipinski definition) is 8. The Bertz CT molecular complexity index is 1360. The molecule has 1 unspecified atom stereocenters. The molecule has 0 radical (unpaired) electrons. The fourth-order valence-corrected chi connectivity index (χ4v) is 5.63. The van der Waals surface area contributed by atoms with Gasteiger partial charge in [-0.3, -0.25) is 4.57 Å². The lowest BCUT2D eigenvalue weighted by molar-refractivity contribution is 0.174. The van der Waals surface area contributed by atoms with Crippen molar-refractivity contribution in [3.63, 3.8) is 0 Å². The molecule has 0 amide bonds. The molecule has 0 fully saturated rings. The highest BCUT2D eigenvalue weighted by Crippen LogP contribution is 2.37. The van der Waals surface area contributed by atoms with E-state index >= 15 is 0 Å². The van der Waals surface area contributed by atoms with Gasteiger partial charge in [0.1, 0.15) is 10.8 Å². The Morgan fingerprint density at radius 1 is 1.17 bits per heavy atom. The fourth-order valence-electron chi connectivity index (χ4n) is 3.86. The lowest BCUT2D eigenvalue weighted by Gasteiger charge is -2.17. The van der Waals surface area contributed by atoms with Crippen molar-refractivity contribution in [2.45, 2.75) is 44.3 Å². The van der Waals surface area contributed by atoms with Gasteiger partial charge in [-0.05, 0) is 50.6 Å². The van der Waals surface area contributed by atoms with Gasteiger partial charge in [0.2, 0.25) is 6.79 Å². The van der Waals surface area contributed by atoms with Crippen LogP contribution in [0.3, 0.4) is 0 Å². The van der Waals surface area contributed by atoms with Crippen molar-refractivity contribution >= 4 is 23.1 Å². The lowest BCUT2D eigenvalue weighted by Crippen LogP contribution is -2.12. The van der Waals surface area contributed by atoms with Crippen LogP contribution in [0.1, 0.15) is 35.7 Å². The SMILES string of the molecule is C=CCn1c(SCc2csc(-c3ccc4c(c3)OCO4)n2)nnc1C(C)Oc1ccc(C)cc1C. The summed E-state index contributed by atoms with van der Waals surface area (Å²) in [4.78, 5) is 4.81. The standard InChI is InChI=1S/C26H26N4O3S2/c1-5-10-30-24(18(4)33-21-8-6-16(2)11-17(21)3)28-29-26(30)35-14-20-13-34-25(27-20)19-7-9-22-23(12-19)32-15-31-22/h5-9,11-13,18H,1,10,14-15H2,2-4H3. The second-order valence-electron chi connectivity index (χ2n) is 8.27. The fraction of sp³-hybridized carbons (Fsp3) is 0.269. The minimum Gasteiger partial charge on any atom is -0.482 e. The smallest absolute Gasteiger partial charge is 0.231 e. The molecule has 35 heavy (non-hydrogen) atoms. The number of rotatable bonds is 9. The number of thiazole rings is 1. The van der Waals surface area contributed by atoms with Crippen LogP contribution in [0, 0.1) is 13.8 Å². The van der Waals surface area contributed by atoms with Gasteiger partial charge in [-0.15, -0.1) is 28.1 Å². The van der Waals surface area contributed by atoms with E-state index < -0.39 is 0 Å². The zero-order chi connectivity index (χ0) is 24.4. The zero-order valence-corrected chi connectivity index (χ0v) is 21.5. The lowest BCUT2D eigenvalue weighted by atomic mass is 10.1. The molecule has 2 aromatic heterocycles. The first-order chi connectivity index (χ1) is 17.0. The molecule has 7 nitrogen and oxygen atoms in total. The molecular formula is C26H26N4O3S2. The first-order valence-electron chi connectivity index (χ1n) is 11.3. The summed E-state index contributed by atoms with van der Waals surface area (Å²) in [6, 6.07) is 12.1. The summed E-state index contributed by atoms with van der Waals surface area (Å²) in [5.41, 5.74) is 4.31. The molecule has 0 bridgehead atoms. The van der Waals surface area contributed by atoms with Crippen LogP contribution in [-0.4, -0.2) is 26.5 Å². The Morgan fingerprint density at radius 2 is 2.03 bits per heavy atom. The molecule has 1 atom stereocenters. The Balaban J connectivity index is 1.29. The summed E-state index contributed by atoms with van der Waals surface area (Å²) in [6.07, 6.45) is 1.59. The van der Waals surface area contributed by atoms with Gasteiger partial charge in [0.15, 0.2) is 28.6 Å². The van der Waals surface area contributed by atoms with Crippen molar-refractivity contribution in [2.24, 2.45) is 0 Å². The molecule has 0 spiro atoms. The van der Waals surface area contributed by atoms with Gasteiger partial charge >= 0.3 is 0 Å². The molecule has 1 aliphatic rings. The average Bonchev–Trinajstić information content (AvgIpc) is 3.59. The van der Waals surface area contributed by atoms with Gasteiger partial charge in [-0.25, -0.2) is 4.98 Å². The third-order valence-electron chi connectivity index (χ3n) is 5.58. The van der Waals surface area contributed by atoms with E-state index in [1.165, 1.54) is 5.56 Å². The molecular weight excluding hydrogens is 480 g/mol. The highest BCUT2D eigenvalue weighted by atomic mass is 32.2. The zero-order valence-electron chi connectivity index (χ0n) is 19.9. The van der Waals surface area contributed by atoms with E-state index in [0.717, 1.165) is 50.1 Å². The van der Waals surface area contributed by atoms with Crippen molar-refractivity contribution in [3.05, 3.63) is 77.1 Å². The van der Waals surface area contributed by atoms with Gasteiger partial charge in [-0.2, -0.15) is 0 Å². The molecule has 0 N–H and O–H groups in total. The summed E-state index contributed by atoms with van der Waals surface area (Å²) in [5.74, 6) is 3.84. The molecule has 5 rings (SSSR count). The van der Waals surface area contributed by atoms with Crippen LogP contribution < -0.4 is 14.2 Å². The van der Waals surface area contributed by atoms with E-state index in [2.05, 4.69) is 52.7 Å². The first-order valence-corrected chi connectivity index (χ1v) is 13.1. The maximum absolute atomic E-state index is 6.24. The largest absolute Gasteiger partial charge is 0.482 e. The maximum atomic E-state index is 6.24. The second-order valence-corrected chi connectivity index (χ2v) is 10.1. The Kier molecular flexibility index (Phi) is 6.79. The maximum Gasteiger partial charge on any atom is 0.231 e. The Labute approximate surface area is 212 Å². The van der Waals surface area contributed by atoms with Crippen LogP contribution in [0.5, 0.6) is 17.2 Å². The molecule has 3 heterocycles. The third-order valence-corrected chi connectivity index (χ3v) is 7.52. The van der Waals surface area contributed by atoms with Gasteiger partial charge in [0, 0.05) is 23.2 Å². The summed E-state index contributed by atoms with van der Waals surface area (Å²) < 4.78 is 19.2. The van der Waals surface area contributed by atoms with Crippen molar-refractivity contribution < 1.29 is 14.2 Å². The van der Waals surface area contributed by atoms with Crippen molar-refractivity contribution in [1.82, 2.24) is 19.7 Å². The van der Waals surface area contributed by atoms with Gasteiger partial charge in [-0.1, -0.05) is 35.5 Å². The highest BCUT2D eigenvalue weighted by molar-refractivity contribution is 7.98. The number of fused-ring (bicyclic) bond motifs is 1. The van der Waals surface area contributed by atoms with E-state index in [1.54, 1.807) is 23.1 Å². The quantitative estimate of drug-likeness (QED) is 0.193. The summed E-state index contributed by atoms with van der Waals surface area (Å²) in [5, 5.41) is 12.7. The van der Waals surface area contributed by atoms with Crippen LogP contribution in [0.2, 0.25) is 0 Å². The minimum atomic E-state index is -0.255. The minimum absolute atomic E-state index is 0.255. The third kappa shape index (κ3) is 5.06.